The van der Waals surface area contributed by atoms with Gasteiger partial charge in [0.15, 0.2) is 14.4 Å². The molecule has 1 heterocycles. The molecule has 6 nitrogen and oxygen atoms in total. The van der Waals surface area contributed by atoms with E-state index in [4.69, 9.17) is 18.6 Å². The minimum atomic E-state index is -2.00. The summed E-state index contributed by atoms with van der Waals surface area (Å²) in [5.41, 5.74) is -0.154. The third kappa shape index (κ3) is 6.76. The molecule has 2 unspecified atom stereocenters. The first-order valence-electron chi connectivity index (χ1n) is 9.55. The largest absolute Gasteiger partial charge is 0.458 e. The smallest absolute Gasteiger partial charge is 0.303 e. The normalized spacial score (nSPS) is 29.3. The number of esters is 2. The fraction of sp³-hybridized carbons (Fsp3) is 0.895. The van der Waals surface area contributed by atoms with Crippen LogP contribution in [0.25, 0.3) is 0 Å². The van der Waals surface area contributed by atoms with Crippen LogP contribution in [0.3, 0.4) is 0 Å². The molecule has 1 fully saturated rings. The Hall–Kier alpha value is -0.573. The monoisotopic (exact) mass is 420 g/mol. The standard InChI is InChI=1S/C19H36O6SSi/c1-10-26-18-12(2)16(23-13(3)20)17(24-14(4)21)15(25-18)11-22-27(8,9)19(5,6)7/h12,15-18H,10-11H2,1-9H3/t12?,15?,16-,17-,18+/m1/s1. The first-order valence-corrected chi connectivity index (χ1v) is 13.5. The number of hydrogen-bond acceptors (Lipinski definition) is 7. The average Bonchev–Trinajstić information content (AvgIpc) is 2.50. The Bertz CT molecular complexity index is 519. The van der Waals surface area contributed by atoms with Gasteiger partial charge in [-0.3, -0.25) is 9.59 Å². The van der Waals surface area contributed by atoms with E-state index in [1.165, 1.54) is 13.8 Å². The van der Waals surface area contributed by atoms with E-state index in [1.807, 2.05) is 6.92 Å². The number of hydrogen-bond donors (Lipinski definition) is 0. The van der Waals surface area contributed by atoms with Crippen LogP contribution in [0.5, 0.6) is 0 Å². The van der Waals surface area contributed by atoms with Gasteiger partial charge in [-0.15, -0.1) is 11.8 Å². The molecule has 0 spiro atoms. The molecule has 8 heteroatoms. The second kappa shape index (κ2) is 9.76. The zero-order chi connectivity index (χ0) is 21.0. The molecule has 5 atom stereocenters. The van der Waals surface area contributed by atoms with E-state index in [0.29, 0.717) is 6.61 Å². The van der Waals surface area contributed by atoms with E-state index in [0.717, 1.165) is 5.75 Å². The molecule has 0 N–H and O–H groups in total. The summed E-state index contributed by atoms with van der Waals surface area (Å²) >= 11 is 1.66. The molecule has 0 amide bonds. The summed E-state index contributed by atoms with van der Waals surface area (Å²) in [6, 6.07) is 0. The minimum absolute atomic E-state index is 0.0543. The second-order valence-electron chi connectivity index (χ2n) is 8.58. The molecule has 27 heavy (non-hydrogen) atoms. The van der Waals surface area contributed by atoms with Gasteiger partial charge in [-0.25, -0.2) is 0 Å². The molecule has 158 valence electrons. The second-order valence-corrected chi connectivity index (χ2v) is 14.8. The molecule has 1 rings (SSSR count). The van der Waals surface area contributed by atoms with Crippen molar-refractivity contribution >= 4 is 32.0 Å². The van der Waals surface area contributed by atoms with Crippen molar-refractivity contribution in [1.82, 2.24) is 0 Å². The van der Waals surface area contributed by atoms with Crippen LogP contribution >= 0.6 is 11.8 Å². The first-order chi connectivity index (χ1) is 12.3. The lowest BCUT2D eigenvalue weighted by atomic mass is 9.93. The lowest BCUT2D eigenvalue weighted by molar-refractivity contribution is -0.214. The quantitative estimate of drug-likeness (QED) is 0.455. The molecular weight excluding hydrogens is 384 g/mol. The van der Waals surface area contributed by atoms with Crippen molar-refractivity contribution in [3.63, 3.8) is 0 Å². The van der Waals surface area contributed by atoms with Crippen molar-refractivity contribution in [2.24, 2.45) is 5.92 Å². The zero-order valence-corrected chi connectivity index (χ0v) is 20.0. The molecule has 0 aromatic heterocycles. The number of ether oxygens (including phenoxy) is 3. The van der Waals surface area contributed by atoms with E-state index in [1.54, 1.807) is 11.8 Å². The average molecular weight is 421 g/mol. The van der Waals surface area contributed by atoms with Crippen molar-refractivity contribution in [2.75, 3.05) is 12.4 Å². The Morgan fingerprint density at radius 1 is 1.07 bits per heavy atom. The van der Waals surface area contributed by atoms with Gasteiger partial charge in [0.05, 0.1) is 6.61 Å². The van der Waals surface area contributed by atoms with Gasteiger partial charge < -0.3 is 18.6 Å². The molecule has 0 saturated carbocycles. The van der Waals surface area contributed by atoms with Crippen LogP contribution in [-0.4, -0.2) is 56.4 Å². The van der Waals surface area contributed by atoms with Gasteiger partial charge in [0.25, 0.3) is 0 Å². The summed E-state index contributed by atoms with van der Waals surface area (Å²) in [5.74, 6) is -0.0510. The van der Waals surface area contributed by atoms with Crippen LogP contribution in [0.15, 0.2) is 0 Å². The van der Waals surface area contributed by atoms with Crippen molar-refractivity contribution in [2.45, 2.75) is 90.3 Å². The third-order valence-electron chi connectivity index (χ3n) is 5.30. The Morgan fingerprint density at radius 2 is 1.59 bits per heavy atom. The van der Waals surface area contributed by atoms with E-state index >= 15 is 0 Å². The summed E-state index contributed by atoms with van der Waals surface area (Å²) < 4.78 is 23.7. The number of thioether (sulfide) groups is 1. The van der Waals surface area contributed by atoms with Crippen LogP contribution < -0.4 is 0 Å². The molecular formula is C19H36O6SSi. The SMILES string of the molecule is CCS[C@@H]1OC(CO[Si](C)(C)C(C)(C)C)[C@@H](OC(C)=O)[C@H](OC(C)=O)C1C. The van der Waals surface area contributed by atoms with E-state index in [9.17, 15) is 9.59 Å². The maximum atomic E-state index is 11.7. The lowest BCUT2D eigenvalue weighted by Crippen LogP contribution is -2.58. The summed E-state index contributed by atoms with van der Waals surface area (Å²) in [4.78, 5) is 23.4. The molecule has 1 aliphatic heterocycles. The highest BCUT2D eigenvalue weighted by Crippen LogP contribution is 2.39. The predicted molar refractivity (Wildman–Crippen MR) is 110 cm³/mol. The Balaban J connectivity index is 3.10. The number of carbonyl (C=O) groups excluding carboxylic acids is 2. The van der Waals surface area contributed by atoms with Crippen LogP contribution in [0.1, 0.15) is 48.5 Å². The Morgan fingerprint density at radius 3 is 2.04 bits per heavy atom. The molecule has 1 aliphatic rings. The van der Waals surface area contributed by atoms with Gasteiger partial charge in [-0.05, 0) is 23.9 Å². The molecule has 0 bridgehead atoms. The van der Waals surface area contributed by atoms with Gasteiger partial charge in [0.1, 0.15) is 17.6 Å². The van der Waals surface area contributed by atoms with Crippen LogP contribution in [-0.2, 0) is 28.2 Å². The summed E-state index contributed by atoms with van der Waals surface area (Å²) in [6.45, 7) is 17.9. The Kier molecular flexibility index (Phi) is 8.84. The summed E-state index contributed by atoms with van der Waals surface area (Å²) in [6.07, 6.45) is -1.72. The maximum Gasteiger partial charge on any atom is 0.303 e. The lowest BCUT2D eigenvalue weighted by Gasteiger charge is -2.45. The van der Waals surface area contributed by atoms with Crippen LogP contribution in [0.2, 0.25) is 18.1 Å². The number of carbonyl (C=O) groups is 2. The van der Waals surface area contributed by atoms with Crippen molar-refractivity contribution in [3.05, 3.63) is 0 Å². The number of rotatable bonds is 7. The van der Waals surface area contributed by atoms with Crippen LogP contribution in [0, 0.1) is 5.92 Å². The first kappa shape index (κ1) is 24.5. The topological polar surface area (TPSA) is 71.1 Å². The van der Waals surface area contributed by atoms with Gasteiger partial charge >= 0.3 is 11.9 Å². The third-order valence-corrected chi connectivity index (χ3v) is 11.0. The van der Waals surface area contributed by atoms with Crippen molar-refractivity contribution < 1.29 is 28.2 Å². The molecule has 0 radical (unpaired) electrons. The van der Waals surface area contributed by atoms with E-state index in [-0.39, 0.29) is 16.4 Å². The van der Waals surface area contributed by atoms with E-state index < -0.39 is 38.6 Å². The zero-order valence-electron chi connectivity index (χ0n) is 18.2. The van der Waals surface area contributed by atoms with Gasteiger partial charge in [0, 0.05) is 19.8 Å². The molecule has 0 aromatic rings. The Labute approximate surface area is 169 Å². The van der Waals surface area contributed by atoms with E-state index in [2.05, 4.69) is 40.8 Å². The molecule has 1 saturated heterocycles. The van der Waals surface area contributed by atoms with Crippen molar-refractivity contribution in [3.8, 4) is 0 Å². The van der Waals surface area contributed by atoms with Crippen molar-refractivity contribution in [1.29, 1.82) is 0 Å². The van der Waals surface area contributed by atoms with Gasteiger partial charge in [0.2, 0.25) is 0 Å². The predicted octanol–water partition coefficient (Wildman–Crippen LogP) is 3.99. The summed E-state index contributed by atoms with van der Waals surface area (Å²) in [5, 5.41) is 0.0543. The fourth-order valence-corrected chi connectivity index (χ4v) is 4.76. The minimum Gasteiger partial charge on any atom is -0.458 e. The highest BCUT2D eigenvalue weighted by atomic mass is 32.2. The van der Waals surface area contributed by atoms with Gasteiger partial charge in [-0.1, -0.05) is 34.6 Å². The highest BCUT2D eigenvalue weighted by molar-refractivity contribution is 7.99. The highest BCUT2D eigenvalue weighted by Gasteiger charge is 2.49. The summed E-state index contributed by atoms with van der Waals surface area (Å²) in [7, 11) is -2.00. The molecule has 0 aliphatic carbocycles. The molecule has 0 aromatic carbocycles. The maximum absolute atomic E-state index is 11.7. The fourth-order valence-electron chi connectivity index (χ4n) is 2.74. The van der Waals surface area contributed by atoms with Gasteiger partial charge in [-0.2, -0.15) is 0 Å². The van der Waals surface area contributed by atoms with Crippen LogP contribution in [0.4, 0.5) is 0 Å².